The molecule has 1 unspecified atom stereocenters. The van der Waals surface area contributed by atoms with Gasteiger partial charge in [-0.2, -0.15) is 5.10 Å². The van der Waals surface area contributed by atoms with E-state index >= 15 is 0 Å². The number of benzene rings is 1. The highest BCUT2D eigenvalue weighted by Crippen LogP contribution is 2.22. The molecule has 0 saturated carbocycles. The smallest absolute Gasteiger partial charge is 0.267 e. The van der Waals surface area contributed by atoms with E-state index in [-0.39, 0.29) is 41.9 Å². The molecule has 0 aliphatic carbocycles. The fourth-order valence-electron chi connectivity index (χ4n) is 3.06. The zero-order valence-corrected chi connectivity index (χ0v) is 16.0. The number of rotatable bonds is 6. The molecular formula is C18H23N3O5S. The summed E-state index contributed by atoms with van der Waals surface area (Å²) in [4.78, 5) is 24.4. The summed E-state index contributed by atoms with van der Waals surface area (Å²) >= 11 is 0. The Balaban J connectivity index is 1.52. The first-order valence-electron chi connectivity index (χ1n) is 8.92. The van der Waals surface area contributed by atoms with Gasteiger partial charge in [0, 0.05) is 12.8 Å². The summed E-state index contributed by atoms with van der Waals surface area (Å²) in [6.45, 7) is 2.60. The number of hydrogen-bond acceptors (Lipinski definition) is 6. The van der Waals surface area contributed by atoms with E-state index in [4.69, 9.17) is 4.74 Å². The number of nitrogens with one attached hydrogen (secondary N) is 1. The maximum absolute atomic E-state index is 12.3. The Morgan fingerprint density at radius 1 is 1.30 bits per heavy atom. The summed E-state index contributed by atoms with van der Waals surface area (Å²) in [5.41, 5.74) is 1.38. The molecule has 146 valence electrons. The standard InChI is InChI=1S/C18H23N3O5S/c1-13-2-4-15(5-3-13)26-10-9-19-18(23)16-6-7-17(22)21(20-16)14-8-11-27(24,25)12-14/h2-5,14H,6-12H2,1H3,(H,19,23). The maximum Gasteiger partial charge on any atom is 0.267 e. The quantitative estimate of drug-likeness (QED) is 0.715. The summed E-state index contributed by atoms with van der Waals surface area (Å²) < 4.78 is 28.8. The van der Waals surface area contributed by atoms with Gasteiger partial charge < -0.3 is 10.1 Å². The summed E-state index contributed by atoms with van der Waals surface area (Å²) in [5, 5.41) is 8.05. The van der Waals surface area contributed by atoms with Crippen LogP contribution in [0.25, 0.3) is 0 Å². The molecule has 2 amide bonds. The SMILES string of the molecule is Cc1ccc(OCCNC(=O)C2=NN(C3CCS(=O)(=O)C3)C(=O)CC2)cc1. The molecule has 27 heavy (non-hydrogen) atoms. The molecule has 8 nitrogen and oxygen atoms in total. The highest BCUT2D eigenvalue weighted by molar-refractivity contribution is 7.91. The number of sulfone groups is 1. The number of carbonyl (C=O) groups is 2. The van der Waals surface area contributed by atoms with Gasteiger partial charge in [-0.3, -0.25) is 9.59 Å². The van der Waals surface area contributed by atoms with Crippen LogP contribution in [0.15, 0.2) is 29.4 Å². The van der Waals surface area contributed by atoms with E-state index in [1.165, 1.54) is 5.01 Å². The molecule has 1 N–H and O–H groups in total. The third-order valence-electron chi connectivity index (χ3n) is 4.55. The van der Waals surface area contributed by atoms with E-state index in [9.17, 15) is 18.0 Å². The van der Waals surface area contributed by atoms with Crippen LogP contribution in [0.5, 0.6) is 5.75 Å². The zero-order chi connectivity index (χ0) is 19.4. The second kappa shape index (κ2) is 8.08. The number of carbonyl (C=O) groups excluding carboxylic acids is 2. The van der Waals surface area contributed by atoms with Crippen LogP contribution in [-0.4, -0.2) is 61.7 Å². The van der Waals surface area contributed by atoms with Gasteiger partial charge in [0.25, 0.3) is 5.91 Å². The minimum atomic E-state index is -3.13. The Morgan fingerprint density at radius 3 is 2.70 bits per heavy atom. The Morgan fingerprint density at radius 2 is 2.04 bits per heavy atom. The lowest BCUT2D eigenvalue weighted by atomic mass is 10.1. The monoisotopic (exact) mass is 393 g/mol. The number of amides is 2. The van der Waals surface area contributed by atoms with Crippen molar-refractivity contribution in [3.05, 3.63) is 29.8 Å². The van der Waals surface area contributed by atoms with Gasteiger partial charge in [0.2, 0.25) is 5.91 Å². The van der Waals surface area contributed by atoms with Gasteiger partial charge in [-0.25, -0.2) is 13.4 Å². The highest BCUT2D eigenvalue weighted by Gasteiger charge is 2.37. The third kappa shape index (κ3) is 5.06. The van der Waals surface area contributed by atoms with E-state index < -0.39 is 15.9 Å². The number of nitrogens with zero attached hydrogens (tertiary/aromatic N) is 2. The predicted octanol–water partition coefficient (Wildman–Crippen LogP) is 0.656. The van der Waals surface area contributed by atoms with E-state index in [1.54, 1.807) is 0 Å². The molecule has 1 aromatic carbocycles. The molecule has 9 heteroatoms. The van der Waals surface area contributed by atoms with Crippen LogP contribution in [0.4, 0.5) is 0 Å². The van der Waals surface area contributed by atoms with Crippen molar-refractivity contribution in [3.8, 4) is 5.75 Å². The number of hydrogen-bond donors (Lipinski definition) is 1. The largest absolute Gasteiger partial charge is 0.492 e. The average molecular weight is 393 g/mol. The summed E-state index contributed by atoms with van der Waals surface area (Å²) in [5.74, 6) is 0.0809. The van der Waals surface area contributed by atoms with Crippen LogP contribution in [-0.2, 0) is 19.4 Å². The zero-order valence-electron chi connectivity index (χ0n) is 15.2. The molecule has 0 aromatic heterocycles. The Kier molecular flexibility index (Phi) is 5.79. The van der Waals surface area contributed by atoms with E-state index in [0.29, 0.717) is 19.6 Å². The molecule has 0 radical (unpaired) electrons. The van der Waals surface area contributed by atoms with Crippen molar-refractivity contribution in [1.29, 1.82) is 0 Å². The van der Waals surface area contributed by atoms with Gasteiger partial charge in [-0.15, -0.1) is 0 Å². The van der Waals surface area contributed by atoms with Crippen LogP contribution in [0.1, 0.15) is 24.8 Å². The van der Waals surface area contributed by atoms with Crippen molar-refractivity contribution in [1.82, 2.24) is 10.3 Å². The fraction of sp³-hybridized carbons (Fsp3) is 0.500. The first kappa shape index (κ1) is 19.3. The minimum Gasteiger partial charge on any atom is -0.492 e. The van der Waals surface area contributed by atoms with Gasteiger partial charge in [0.1, 0.15) is 18.1 Å². The molecule has 1 fully saturated rings. The van der Waals surface area contributed by atoms with E-state index in [0.717, 1.165) is 11.3 Å². The Hall–Kier alpha value is -2.42. The molecule has 1 saturated heterocycles. The van der Waals surface area contributed by atoms with Gasteiger partial charge in [0.05, 0.1) is 24.1 Å². The second-order valence-corrected chi connectivity index (χ2v) is 8.99. The minimum absolute atomic E-state index is 0.0504. The van der Waals surface area contributed by atoms with Gasteiger partial charge in [0.15, 0.2) is 9.84 Å². The van der Waals surface area contributed by atoms with Gasteiger partial charge in [-0.1, -0.05) is 17.7 Å². The van der Waals surface area contributed by atoms with Crippen molar-refractivity contribution in [3.63, 3.8) is 0 Å². The first-order valence-corrected chi connectivity index (χ1v) is 10.7. The first-order chi connectivity index (χ1) is 12.8. The van der Waals surface area contributed by atoms with Crippen LogP contribution in [0.3, 0.4) is 0 Å². The van der Waals surface area contributed by atoms with Gasteiger partial charge >= 0.3 is 0 Å². The van der Waals surface area contributed by atoms with Crippen LogP contribution in [0, 0.1) is 6.92 Å². The summed E-state index contributed by atoms with van der Waals surface area (Å²) in [6, 6.07) is 7.14. The van der Waals surface area contributed by atoms with Crippen molar-refractivity contribution in [2.45, 2.75) is 32.2 Å². The van der Waals surface area contributed by atoms with Crippen molar-refractivity contribution in [2.75, 3.05) is 24.7 Å². The molecular weight excluding hydrogens is 370 g/mol. The van der Waals surface area contributed by atoms with Crippen molar-refractivity contribution in [2.24, 2.45) is 5.10 Å². The van der Waals surface area contributed by atoms with Crippen LogP contribution >= 0.6 is 0 Å². The number of aryl methyl sites for hydroxylation is 1. The van der Waals surface area contributed by atoms with Crippen molar-refractivity contribution < 1.29 is 22.7 Å². The fourth-order valence-corrected chi connectivity index (χ4v) is 4.75. The molecule has 2 aliphatic rings. The Bertz CT molecular complexity index is 848. The topological polar surface area (TPSA) is 105 Å². The normalized spacial score (nSPS) is 21.7. The highest BCUT2D eigenvalue weighted by atomic mass is 32.2. The van der Waals surface area contributed by atoms with Crippen LogP contribution in [0.2, 0.25) is 0 Å². The third-order valence-corrected chi connectivity index (χ3v) is 6.30. The lowest BCUT2D eigenvalue weighted by Crippen LogP contribution is -2.44. The number of hydrazone groups is 1. The molecule has 0 bridgehead atoms. The molecule has 2 aliphatic heterocycles. The summed E-state index contributed by atoms with van der Waals surface area (Å²) in [6.07, 6.45) is 0.763. The Labute approximate surface area is 158 Å². The van der Waals surface area contributed by atoms with Gasteiger partial charge in [-0.05, 0) is 25.5 Å². The molecule has 1 aromatic rings. The molecule has 2 heterocycles. The van der Waals surface area contributed by atoms with Crippen LogP contribution < -0.4 is 10.1 Å². The average Bonchev–Trinajstić information content (AvgIpc) is 3.00. The molecule has 3 rings (SSSR count). The van der Waals surface area contributed by atoms with E-state index in [1.807, 2.05) is 31.2 Å². The summed E-state index contributed by atoms with van der Waals surface area (Å²) in [7, 11) is -3.13. The molecule has 1 atom stereocenters. The maximum atomic E-state index is 12.3. The number of ether oxygens (including phenoxy) is 1. The molecule has 0 spiro atoms. The lowest BCUT2D eigenvalue weighted by Gasteiger charge is -2.27. The second-order valence-electron chi connectivity index (χ2n) is 6.76. The predicted molar refractivity (Wildman–Crippen MR) is 100 cm³/mol. The lowest BCUT2D eigenvalue weighted by molar-refractivity contribution is -0.133. The van der Waals surface area contributed by atoms with Crippen molar-refractivity contribution >= 4 is 27.4 Å². The van der Waals surface area contributed by atoms with E-state index in [2.05, 4.69) is 10.4 Å².